The highest BCUT2D eigenvalue weighted by Crippen LogP contribution is 2.50. The Kier molecular flexibility index (Phi) is 4.86. The average Bonchev–Trinajstić information content (AvgIpc) is 2.98. The van der Waals surface area contributed by atoms with Gasteiger partial charge in [0.15, 0.2) is 0 Å². The molecule has 0 aromatic heterocycles. The monoisotopic (exact) mass is 457 g/mol. The van der Waals surface area contributed by atoms with Gasteiger partial charge in [-0.3, -0.25) is 4.90 Å². The van der Waals surface area contributed by atoms with Crippen molar-refractivity contribution in [3.63, 3.8) is 0 Å². The molecule has 148 valence electrons. The van der Waals surface area contributed by atoms with Crippen LogP contribution in [0.25, 0.3) is 5.57 Å². The van der Waals surface area contributed by atoms with Crippen LogP contribution in [0.15, 0.2) is 46.4 Å². The molecule has 1 aliphatic carbocycles. The fourth-order valence-electron chi connectivity index (χ4n) is 4.41. The summed E-state index contributed by atoms with van der Waals surface area (Å²) in [5.41, 5.74) is 3.18. The van der Waals surface area contributed by atoms with E-state index in [4.69, 9.17) is 0 Å². The number of benzene rings is 2. The minimum absolute atomic E-state index is 0.0340. The summed E-state index contributed by atoms with van der Waals surface area (Å²) >= 11 is 3.05. The first-order valence-corrected chi connectivity index (χ1v) is 9.72. The zero-order valence-corrected chi connectivity index (χ0v) is 16.5. The topological polar surface area (TPSA) is 3.24 Å². The number of nitrogens with zero attached hydrogens (tertiary/aromatic N) is 1. The van der Waals surface area contributed by atoms with Gasteiger partial charge in [-0.05, 0) is 70.1 Å². The fourth-order valence-corrected chi connectivity index (χ4v) is 4.76. The van der Waals surface area contributed by atoms with Crippen molar-refractivity contribution in [2.24, 2.45) is 0 Å². The molecule has 2 atom stereocenters. The van der Waals surface area contributed by atoms with Crippen LogP contribution in [0.3, 0.4) is 0 Å². The Morgan fingerprint density at radius 3 is 2.54 bits per heavy atom. The first kappa shape index (κ1) is 19.6. The highest BCUT2D eigenvalue weighted by molar-refractivity contribution is 9.10. The molecule has 0 saturated carbocycles. The molecule has 4 rings (SSSR count). The Bertz CT molecular complexity index is 966. The zero-order valence-electron chi connectivity index (χ0n) is 15.0. The van der Waals surface area contributed by atoms with Gasteiger partial charge in [0.1, 0.15) is 11.6 Å². The summed E-state index contributed by atoms with van der Waals surface area (Å²) in [6.07, 6.45) is -3.67. The molecule has 0 radical (unpaired) electrons. The Hall–Kier alpha value is -1.73. The van der Waals surface area contributed by atoms with E-state index in [2.05, 4.69) is 15.9 Å². The molecule has 0 fully saturated rings. The number of alkyl halides is 3. The van der Waals surface area contributed by atoms with Crippen LogP contribution < -0.4 is 0 Å². The molecule has 0 unspecified atom stereocenters. The summed E-state index contributed by atoms with van der Waals surface area (Å²) in [6.45, 7) is 0.453. The van der Waals surface area contributed by atoms with Gasteiger partial charge in [-0.1, -0.05) is 24.3 Å². The molecular formula is C21H17BrF5N. The first-order valence-electron chi connectivity index (χ1n) is 8.93. The van der Waals surface area contributed by atoms with Crippen LogP contribution in [0.1, 0.15) is 36.1 Å². The summed E-state index contributed by atoms with van der Waals surface area (Å²) in [5, 5.41) is 0. The lowest BCUT2D eigenvalue weighted by Crippen LogP contribution is -2.46. The molecule has 2 aromatic carbocycles. The molecule has 2 aliphatic rings. The maximum atomic E-state index is 14.9. The fraction of sp³-hybridized carbons (Fsp3) is 0.333. The lowest BCUT2D eigenvalue weighted by atomic mass is 9.84. The molecule has 1 aliphatic heterocycles. The number of hydrogen-bond donors (Lipinski definition) is 0. The summed E-state index contributed by atoms with van der Waals surface area (Å²) in [6, 6.07) is 8.27. The second kappa shape index (κ2) is 6.95. The predicted octanol–water partition coefficient (Wildman–Crippen LogP) is 6.43. The van der Waals surface area contributed by atoms with E-state index in [1.165, 1.54) is 11.0 Å². The summed E-state index contributed by atoms with van der Waals surface area (Å²) in [4.78, 5) is 1.18. The third kappa shape index (κ3) is 3.28. The van der Waals surface area contributed by atoms with Gasteiger partial charge in [0.25, 0.3) is 0 Å². The molecule has 0 spiro atoms. The Balaban J connectivity index is 1.92. The van der Waals surface area contributed by atoms with Crippen LogP contribution in [0.5, 0.6) is 0 Å². The van der Waals surface area contributed by atoms with E-state index < -0.39 is 36.4 Å². The van der Waals surface area contributed by atoms with E-state index in [9.17, 15) is 22.0 Å². The Morgan fingerprint density at radius 1 is 1.11 bits per heavy atom. The number of halogens is 6. The molecule has 0 amide bonds. The SMILES string of the molecule is C[C@@H]1CC2=C(Cc3ccccc32)[C@@H](c2c(F)ccc(Br)c2F)N1CC(F)(F)F. The molecule has 2 aromatic rings. The minimum Gasteiger partial charge on any atom is -0.281 e. The van der Waals surface area contributed by atoms with E-state index >= 15 is 0 Å². The highest BCUT2D eigenvalue weighted by atomic mass is 79.9. The standard InChI is InChI=1S/C21H17BrF5N/c1-11-8-14-13-5-3-2-4-12(13)9-15(14)20(28(11)10-21(25,26)27)18-17(23)7-6-16(22)19(18)24/h2-7,11,20H,8-10H2,1H3/t11-,20+/m1/s1. The first-order chi connectivity index (χ1) is 13.2. The van der Waals surface area contributed by atoms with Crippen molar-refractivity contribution in [2.45, 2.75) is 38.0 Å². The molecule has 0 bridgehead atoms. The number of fused-ring (bicyclic) bond motifs is 2. The van der Waals surface area contributed by atoms with Crippen molar-refractivity contribution < 1.29 is 22.0 Å². The van der Waals surface area contributed by atoms with Crippen LogP contribution in [0.4, 0.5) is 22.0 Å². The minimum atomic E-state index is -4.48. The van der Waals surface area contributed by atoms with Gasteiger partial charge in [-0.2, -0.15) is 13.2 Å². The van der Waals surface area contributed by atoms with E-state index in [0.29, 0.717) is 18.4 Å². The van der Waals surface area contributed by atoms with Crippen molar-refractivity contribution in [1.29, 1.82) is 0 Å². The lowest BCUT2D eigenvalue weighted by Gasteiger charge is -2.42. The lowest BCUT2D eigenvalue weighted by molar-refractivity contribution is -0.155. The third-order valence-electron chi connectivity index (χ3n) is 5.55. The average molecular weight is 458 g/mol. The van der Waals surface area contributed by atoms with Crippen LogP contribution in [-0.4, -0.2) is 23.7 Å². The highest BCUT2D eigenvalue weighted by Gasteiger charge is 2.45. The maximum absolute atomic E-state index is 14.9. The van der Waals surface area contributed by atoms with E-state index in [1.54, 1.807) is 6.92 Å². The molecule has 1 nitrogen and oxygen atoms in total. The van der Waals surface area contributed by atoms with E-state index in [-0.39, 0.29) is 10.0 Å². The summed E-state index contributed by atoms with van der Waals surface area (Å²) < 4.78 is 69.7. The van der Waals surface area contributed by atoms with Gasteiger partial charge < -0.3 is 0 Å². The Morgan fingerprint density at radius 2 is 1.82 bits per heavy atom. The van der Waals surface area contributed by atoms with Gasteiger partial charge in [-0.15, -0.1) is 0 Å². The van der Waals surface area contributed by atoms with Crippen LogP contribution in [0, 0.1) is 11.6 Å². The molecule has 7 heteroatoms. The summed E-state index contributed by atoms with van der Waals surface area (Å²) in [7, 11) is 0. The second-order valence-electron chi connectivity index (χ2n) is 7.34. The van der Waals surface area contributed by atoms with Crippen molar-refractivity contribution in [1.82, 2.24) is 4.90 Å². The summed E-state index contributed by atoms with van der Waals surface area (Å²) in [5.74, 6) is -1.69. The van der Waals surface area contributed by atoms with Gasteiger partial charge in [-0.25, -0.2) is 8.78 Å². The smallest absolute Gasteiger partial charge is 0.281 e. The van der Waals surface area contributed by atoms with E-state index in [1.807, 2.05) is 24.3 Å². The van der Waals surface area contributed by atoms with Crippen molar-refractivity contribution in [2.75, 3.05) is 6.54 Å². The third-order valence-corrected chi connectivity index (χ3v) is 6.17. The molecule has 0 N–H and O–H groups in total. The number of rotatable bonds is 2. The van der Waals surface area contributed by atoms with Crippen LogP contribution in [-0.2, 0) is 6.42 Å². The largest absolute Gasteiger partial charge is 0.401 e. The normalized spacial score (nSPS) is 22.4. The van der Waals surface area contributed by atoms with Crippen molar-refractivity contribution in [3.8, 4) is 0 Å². The van der Waals surface area contributed by atoms with Crippen molar-refractivity contribution >= 4 is 21.5 Å². The second-order valence-corrected chi connectivity index (χ2v) is 8.19. The zero-order chi connectivity index (χ0) is 20.2. The molecule has 0 saturated heterocycles. The molecular weight excluding hydrogens is 441 g/mol. The van der Waals surface area contributed by atoms with Gasteiger partial charge >= 0.3 is 6.18 Å². The van der Waals surface area contributed by atoms with E-state index in [0.717, 1.165) is 22.8 Å². The van der Waals surface area contributed by atoms with Gasteiger partial charge in [0.2, 0.25) is 0 Å². The van der Waals surface area contributed by atoms with Crippen molar-refractivity contribution in [3.05, 3.63) is 74.8 Å². The predicted molar refractivity (Wildman–Crippen MR) is 101 cm³/mol. The number of hydrogen-bond acceptors (Lipinski definition) is 1. The van der Waals surface area contributed by atoms with Gasteiger partial charge in [0.05, 0.1) is 17.1 Å². The van der Waals surface area contributed by atoms with Crippen LogP contribution in [0.2, 0.25) is 0 Å². The van der Waals surface area contributed by atoms with Crippen LogP contribution >= 0.6 is 15.9 Å². The van der Waals surface area contributed by atoms with Gasteiger partial charge in [0, 0.05) is 11.6 Å². The molecule has 1 heterocycles. The maximum Gasteiger partial charge on any atom is 0.401 e. The molecule has 28 heavy (non-hydrogen) atoms. The Labute approximate surface area is 168 Å². The quantitative estimate of drug-likeness (QED) is 0.370.